The van der Waals surface area contributed by atoms with Crippen LogP contribution in [-0.2, 0) is 0 Å². The van der Waals surface area contributed by atoms with Gasteiger partial charge in [-0.05, 0) is 183 Å². The van der Waals surface area contributed by atoms with Crippen molar-refractivity contribution in [1.29, 1.82) is 0 Å². The summed E-state index contributed by atoms with van der Waals surface area (Å²) in [6, 6.07) is 96.7. The molecule has 4 aromatic heterocycles. The van der Waals surface area contributed by atoms with Gasteiger partial charge in [0, 0.05) is 65.8 Å². The van der Waals surface area contributed by atoms with Gasteiger partial charge in [-0.2, -0.15) is 0 Å². The average Bonchev–Trinajstić information content (AvgIpc) is 1.56. The van der Waals surface area contributed by atoms with Gasteiger partial charge in [0.2, 0.25) is 0 Å². The molecule has 0 radical (unpaired) electrons. The molecular formula is C81H53N3O2. The number of benzene rings is 13. The first-order valence-corrected chi connectivity index (χ1v) is 29.4. The Balaban J connectivity index is 0.813. The van der Waals surface area contributed by atoms with Crippen LogP contribution in [0.2, 0.25) is 0 Å². The minimum Gasteiger partial charge on any atom is -0.454 e. The molecule has 0 bridgehead atoms. The SMILES string of the molecule is C=C/C=C\C(=C/C)c1cc2c3cc4ccc(-c5cccc(N(c6ccccc6)c6cccc7c6oc6ccccc67)c5)cc4cc3n3c4cc5cc(-c6cccc(N(c7ccccc7)c7cccc8c7oc7ccccc78)c6)ccc5cc4c(c1)c23. The van der Waals surface area contributed by atoms with E-state index in [0.29, 0.717) is 0 Å². The highest BCUT2D eigenvalue weighted by Crippen LogP contribution is 2.48. The van der Waals surface area contributed by atoms with Crippen molar-refractivity contribution in [3.63, 3.8) is 0 Å². The van der Waals surface area contributed by atoms with Crippen LogP contribution in [-0.4, -0.2) is 4.40 Å². The third-order valence-corrected chi connectivity index (χ3v) is 17.5. The van der Waals surface area contributed by atoms with Gasteiger partial charge in [-0.3, -0.25) is 0 Å². The van der Waals surface area contributed by atoms with Gasteiger partial charge in [0.15, 0.2) is 11.2 Å². The van der Waals surface area contributed by atoms with Crippen molar-refractivity contribution in [2.24, 2.45) is 0 Å². The number of allylic oxidation sites excluding steroid dienone is 5. The largest absolute Gasteiger partial charge is 0.454 e. The van der Waals surface area contributed by atoms with Crippen LogP contribution >= 0.6 is 0 Å². The number of rotatable bonds is 11. The molecule has 0 saturated heterocycles. The first-order valence-electron chi connectivity index (χ1n) is 29.4. The van der Waals surface area contributed by atoms with Gasteiger partial charge in [-0.25, -0.2) is 0 Å². The van der Waals surface area contributed by atoms with E-state index in [1.807, 2.05) is 36.4 Å². The number of anilines is 6. The predicted molar refractivity (Wildman–Crippen MR) is 364 cm³/mol. The van der Waals surface area contributed by atoms with E-state index in [4.69, 9.17) is 8.83 Å². The van der Waals surface area contributed by atoms with Crippen molar-refractivity contribution < 1.29 is 8.83 Å². The standard InChI is InChI=1S/C81H53N3O2/c1-3-5-20-51(4-2)60-47-71-69-45-56-39-37-54(52-21-16-27-63(43-52)82(61-23-8-6-9-24-61)73-33-18-31-67-65-29-12-14-35-77(65)85-80(67)73)41-58(56)49-75(69)84-76-50-59-42-55(38-40-57(59)46-70(76)72(48-60)79(71)84)53-22-17-28-64(44-53)83(62-25-10-7-11-26-62)74-34-19-32-68-66-30-13-15-36-78(66)86-81(68)74/h3-50H,1H2,2H3/b20-5-,51-4+. The number of hydrogen-bond donors (Lipinski definition) is 0. The smallest absolute Gasteiger partial charge is 0.159 e. The van der Waals surface area contributed by atoms with E-state index in [-0.39, 0.29) is 0 Å². The van der Waals surface area contributed by atoms with Crippen molar-refractivity contribution in [3.8, 4) is 22.3 Å². The molecule has 0 atom stereocenters. The Labute approximate surface area is 496 Å². The van der Waals surface area contributed by atoms with Gasteiger partial charge in [-0.15, -0.1) is 0 Å². The fraction of sp³-hybridized carbons (Fsp3) is 0.0123. The van der Waals surface area contributed by atoms with Gasteiger partial charge in [0.1, 0.15) is 11.2 Å². The molecule has 0 amide bonds. The molecule has 17 rings (SSSR count). The van der Waals surface area contributed by atoms with Crippen molar-refractivity contribution in [3.05, 3.63) is 303 Å². The molecule has 0 spiro atoms. The zero-order chi connectivity index (χ0) is 57.0. The quantitative estimate of drug-likeness (QED) is 0.121. The lowest BCUT2D eigenvalue weighted by Crippen LogP contribution is -2.10. The van der Waals surface area contributed by atoms with Crippen LogP contribution in [0.5, 0.6) is 0 Å². The molecule has 86 heavy (non-hydrogen) atoms. The molecule has 404 valence electrons. The second-order valence-corrected chi connectivity index (χ2v) is 22.4. The molecule has 13 aromatic carbocycles. The summed E-state index contributed by atoms with van der Waals surface area (Å²) in [4.78, 5) is 4.63. The number of hydrogen-bond acceptors (Lipinski definition) is 4. The number of nitrogens with zero attached hydrogens (tertiary/aromatic N) is 3. The summed E-state index contributed by atoms with van der Waals surface area (Å²) in [6.45, 7) is 6.12. The maximum Gasteiger partial charge on any atom is 0.159 e. The third-order valence-electron chi connectivity index (χ3n) is 17.5. The molecule has 0 aliphatic heterocycles. The minimum atomic E-state index is 0.858. The van der Waals surface area contributed by atoms with Crippen LogP contribution in [0.1, 0.15) is 12.5 Å². The summed E-state index contributed by atoms with van der Waals surface area (Å²) < 4.78 is 15.8. The van der Waals surface area contributed by atoms with Gasteiger partial charge < -0.3 is 23.0 Å². The monoisotopic (exact) mass is 1100 g/mol. The van der Waals surface area contributed by atoms with E-state index < -0.39 is 0 Å². The van der Waals surface area contributed by atoms with E-state index in [2.05, 4.69) is 283 Å². The fourth-order valence-corrected chi connectivity index (χ4v) is 13.6. The van der Waals surface area contributed by atoms with Crippen molar-refractivity contribution >= 4 is 143 Å². The molecular weight excluding hydrogens is 1050 g/mol. The van der Waals surface area contributed by atoms with Crippen LogP contribution < -0.4 is 9.80 Å². The summed E-state index contributed by atoms with van der Waals surface area (Å²) >= 11 is 0. The molecule has 0 unspecified atom stereocenters. The molecule has 0 aliphatic rings. The highest BCUT2D eigenvalue weighted by atomic mass is 16.3. The summed E-state index contributed by atoms with van der Waals surface area (Å²) in [5, 5.41) is 14.0. The Hall–Kier alpha value is -11.4. The summed E-state index contributed by atoms with van der Waals surface area (Å²) in [6.07, 6.45) is 8.23. The zero-order valence-electron chi connectivity index (χ0n) is 47.1. The minimum absolute atomic E-state index is 0.858. The van der Waals surface area contributed by atoms with Gasteiger partial charge >= 0.3 is 0 Å². The molecule has 5 heteroatoms. The summed E-state index contributed by atoms with van der Waals surface area (Å²) in [5.41, 5.74) is 20.1. The van der Waals surface area contributed by atoms with Crippen LogP contribution in [0.25, 0.3) is 131 Å². The second kappa shape index (κ2) is 19.6. The van der Waals surface area contributed by atoms with Crippen molar-refractivity contribution in [2.45, 2.75) is 6.92 Å². The first kappa shape index (κ1) is 49.2. The molecule has 0 aliphatic carbocycles. The molecule has 0 saturated carbocycles. The molecule has 17 aromatic rings. The average molecular weight is 1100 g/mol. The Kier molecular flexibility index (Phi) is 11.2. The predicted octanol–water partition coefficient (Wildman–Crippen LogP) is 23.4. The van der Waals surface area contributed by atoms with Crippen LogP contribution in [0.4, 0.5) is 34.1 Å². The maximum absolute atomic E-state index is 6.65. The number of aromatic nitrogens is 1. The number of para-hydroxylation sites is 6. The lowest BCUT2D eigenvalue weighted by Gasteiger charge is -2.26. The molecule has 4 heterocycles. The summed E-state index contributed by atoms with van der Waals surface area (Å²) in [7, 11) is 0. The number of furan rings is 2. The van der Waals surface area contributed by atoms with E-state index in [9.17, 15) is 0 Å². The number of fused-ring (bicyclic) bond motifs is 14. The fourth-order valence-electron chi connectivity index (χ4n) is 13.6. The highest BCUT2D eigenvalue weighted by Gasteiger charge is 2.24. The van der Waals surface area contributed by atoms with Crippen LogP contribution in [0, 0.1) is 0 Å². The topological polar surface area (TPSA) is 37.2 Å². The zero-order valence-corrected chi connectivity index (χ0v) is 47.1. The van der Waals surface area contributed by atoms with E-state index in [0.717, 1.165) is 106 Å². The third kappa shape index (κ3) is 7.79. The maximum atomic E-state index is 6.65. The molecule has 0 N–H and O–H groups in total. The normalized spacial score (nSPS) is 12.3. The van der Waals surface area contributed by atoms with E-state index in [1.165, 1.54) is 65.2 Å². The van der Waals surface area contributed by atoms with Gasteiger partial charge in [0.05, 0.1) is 27.9 Å². The van der Waals surface area contributed by atoms with Gasteiger partial charge in [0.25, 0.3) is 0 Å². The lowest BCUT2D eigenvalue weighted by atomic mass is 9.96. The molecule has 5 nitrogen and oxygen atoms in total. The second-order valence-electron chi connectivity index (χ2n) is 22.4. The van der Waals surface area contributed by atoms with E-state index in [1.54, 1.807) is 0 Å². The lowest BCUT2D eigenvalue weighted by molar-refractivity contribution is 0.668. The Morgan fingerprint density at radius 2 is 0.814 bits per heavy atom. The Morgan fingerprint density at radius 3 is 1.30 bits per heavy atom. The summed E-state index contributed by atoms with van der Waals surface area (Å²) in [5.74, 6) is 0. The van der Waals surface area contributed by atoms with E-state index >= 15 is 0 Å². The van der Waals surface area contributed by atoms with Crippen molar-refractivity contribution in [2.75, 3.05) is 9.80 Å². The van der Waals surface area contributed by atoms with Crippen LogP contribution in [0.15, 0.2) is 307 Å². The van der Waals surface area contributed by atoms with Crippen LogP contribution in [0.3, 0.4) is 0 Å². The first-order chi connectivity index (χ1) is 42.5. The Morgan fingerprint density at radius 1 is 0.372 bits per heavy atom. The van der Waals surface area contributed by atoms with Crippen molar-refractivity contribution in [1.82, 2.24) is 4.40 Å². The van der Waals surface area contributed by atoms with Gasteiger partial charge in [-0.1, -0.05) is 176 Å². The highest BCUT2D eigenvalue weighted by molar-refractivity contribution is 6.27. The molecule has 0 fully saturated rings. The Bertz CT molecular complexity index is 5320.